The summed E-state index contributed by atoms with van der Waals surface area (Å²) in [6, 6.07) is -2.25. The number of imidazole rings is 1. The lowest BCUT2D eigenvalue weighted by molar-refractivity contribution is -0.141. The predicted octanol–water partition coefficient (Wildman–Crippen LogP) is -1.51. The minimum atomic E-state index is -0.891. The van der Waals surface area contributed by atoms with Crippen LogP contribution in [0.5, 0.6) is 0 Å². The van der Waals surface area contributed by atoms with Crippen LogP contribution in [0.2, 0.25) is 0 Å². The zero-order valence-electron chi connectivity index (χ0n) is 14.6. The molecule has 2 saturated heterocycles. The number of hydrogen-bond donors (Lipinski definition) is 4. The fraction of sp³-hybridized carbons (Fsp3) is 0.562. The first-order valence-corrected chi connectivity index (χ1v) is 9.85. The van der Waals surface area contributed by atoms with Crippen LogP contribution >= 0.6 is 11.8 Å². The minimum absolute atomic E-state index is 0.178. The van der Waals surface area contributed by atoms with Gasteiger partial charge in [0, 0.05) is 30.5 Å². The number of piperidine rings is 1. The van der Waals surface area contributed by atoms with Crippen LogP contribution in [0, 0.1) is 0 Å². The number of hydrogen-bond acceptors (Lipinski definition) is 6. The van der Waals surface area contributed by atoms with Crippen molar-refractivity contribution in [3.63, 3.8) is 0 Å². The number of thioether (sulfide) groups is 1. The van der Waals surface area contributed by atoms with E-state index in [0.29, 0.717) is 36.6 Å². The first-order valence-electron chi connectivity index (χ1n) is 8.70. The van der Waals surface area contributed by atoms with Crippen molar-refractivity contribution in [1.82, 2.24) is 25.5 Å². The highest BCUT2D eigenvalue weighted by Gasteiger charge is 2.38. The Balaban J connectivity index is 1.74. The van der Waals surface area contributed by atoms with Crippen LogP contribution in [0.25, 0.3) is 0 Å². The number of primary amides is 1. The maximum Gasteiger partial charge on any atom is 0.246 e. The number of aromatic nitrogens is 2. The molecular formula is C16H22N6O4S. The molecule has 146 valence electrons. The van der Waals surface area contributed by atoms with Gasteiger partial charge >= 0.3 is 0 Å². The molecule has 4 amide bonds. The molecule has 0 saturated carbocycles. The molecule has 0 aromatic carbocycles. The molecule has 2 aliphatic rings. The average Bonchev–Trinajstić information content (AvgIpc) is 3.32. The summed E-state index contributed by atoms with van der Waals surface area (Å²) in [5, 5.41) is 5.37. The van der Waals surface area contributed by atoms with Gasteiger partial charge < -0.3 is 26.3 Å². The van der Waals surface area contributed by atoms with E-state index in [9.17, 15) is 19.2 Å². The monoisotopic (exact) mass is 394 g/mol. The third-order valence-electron chi connectivity index (χ3n) is 4.64. The largest absolute Gasteiger partial charge is 0.368 e. The van der Waals surface area contributed by atoms with Gasteiger partial charge in [-0.05, 0) is 12.8 Å². The van der Waals surface area contributed by atoms with E-state index in [1.807, 2.05) is 0 Å². The lowest BCUT2D eigenvalue weighted by atomic mass is 10.0. The van der Waals surface area contributed by atoms with Gasteiger partial charge in [-0.1, -0.05) is 0 Å². The molecule has 0 unspecified atom stereocenters. The van der Waals surface area contributed by atoms with Crippen LogP contribution in [0.4, 0.5) is 0 Å². The van der Waals surface area contributed by atoms with Crippen LogP contribution in [0.3, 0.4) is 0 Å². The van der Waals surface area contributed by atoms with Gasteiger partial charge in [-0.2, -0.15) is 0 Å². The number of nitrogens with zero attached hydrogens (tertiary/aromatic N) is 2. The Morgan fingerprint density at radius 1 is 1.44 bits per heavy atom. The molecule has 2 fully saturated rings. The SMILES string of the molecule is NC(=O)[C@@H]1CSCN1C(=O)[C@H](Cc1cnc[nH]1)NC(=O)[C@@H]1CCCC(=O)N1. The van der Waals surface area contributed by atoms with Crippen molar-refractivity contribution in [2.24, 2.45) is 5.73 Å². The lowest BCUT2D eigenvalue weighted by Gasteiger charge is -2.29. The van der Waals surface area contributed by atoms with Crippen LogP contribution in [0.15, 0.2) is 12.5 Å². The van der Waals surface area contributed by atoms with Gasteiger partial charge in [0.25, 0.3) is 0 Å². The van der Waals surface area contributed by atoms with Crippen molar-refractivity contribution < 1.29 is 19.2 Å². The fourth-order valence-corrected chi connectivity index (χ4v) is 4.36. The maximum absolute atomic E-state index is 13.0. The molecular weight excluding hydrogens is 372 g/mol. The molecule has 0 bridgehead atoms. The Hall–Kier alpha value is -2.56. The number of nitrogens with two attached hydrogens (primary N) is 1. The Bertz CT molecular complexity index is 725. The summed E-state index contributed by atoms with van der Waals surface area (Å²) in [6.07, 6.45) is 4.78. The normalized spacial score (nSPS) is 23.6. The molecule has 0 spiro atoms. The summed E-state index contributed by atoms with van der Waals surface area (Å²) in [6.45, 7) is 0. The third kappa shape index (κ3) is 4.59. The maximum atomic E-state index is 13.0. The second-order valence-corrected chi connectivity index (χ2v) is 7.58. The molecule has 3 atom stereocenters. The number of aromatic amines is 1. The Morgan fingerprint density at radius 3 is 2.93 bits per heavy atom. The quantitative estimate of drug-likeness (QED) is 0.461. The molecule has 11 heteroatoms. The topological polar surface area (TPSA) is 150 Å². The van der Waals surface area contributed by atoms with Crippen molar-refractivity contribution in [3.8, 4) is 0 Å². The van der Waals surface area contributed by atoms with Crippen LogP contribution < -0.4 is 16.4 Å². The van der Waals surface area contributed by atoms with E-state index in [1.54, 1.807) is 6.20 Å². The van der Waals surface area contributed by atoms with Crippen molar-refractivity contribution in [1.29, 1.82) is 0 Å². The smallest absolute Gasteiger partial charge is 0.246 e. The molecule has 3 rings (SSSR count). The zero-order chi connectivity index (χ0) is 19.4. The molecule has 1 aromatic rings. The van der Waals surface area contributed by atoms with Crippen LogP contribution in [0.1, 0.15) is 25.0 Å². The summed E-state index contributed by atoms with van der Waals surface area (Å²) in [4.78, 5) is 57.0. The van der Waals surface area contributed by atoms with E-state index in [1.165, 1.54) is 23.0 Å². The van der Waals surface area contributed by atoms with Crippen molar-refractivity contribution in [3.05, 3.63) is 18.2 Å². The van der Waals surface area contributed by atoms with E-state index in [4.69, 9.17) is 5.73 Å². The Labute approximate surface area is 160 Å². The third-order valence-corrected chi connectivity index (χ3v) is 5.65. The summed E-state index contributed by atoms with van der Waals surface area (Å²) in [5.74, 6) is -0.772. The van der Waals surface area contributed by atoms with Gasteiger partial charge in [-0.3, -0.25) is 19.2 Å². The van der Waals surface area contributed by atoms with Gasteiger partial charge in [-0.25, -0.2) is 4.98 Å². The van der Waals surface area contributed by atoms with Gasteiger partial charge in [0.15, 0.2) is 0 Å². The molecule has 1 aromatic heterocycles. The highest BCUT2D eigenvalue weighted by atomic mass is 32.2. The van der Waals surface area contributed by atoms with Gasteiger partial charge in [0.1, 0.15) is 18.1 Å². The number of carbonyl (C=O) groups excluding carboxylic acids is 4. The fourth-order valence-electron chi connectivity index (χ4n) is 3.19. The van der Waals surface area contributed by atoms with Crippen molar-refractivity contribution in [2.45, 2.75) is 43.8 Å². The second kappa shape index (κ2) is 8.42. The molecule has 5 N–H and O–H groups in total. The molecule has 27 heavy (non-hydrogen) atoms. The highest BCUT2D eigenvalue weighted by molar-refractivity contribution is 7.99. The summed E-state index contributed by atoms with van der Waals surface area (Å²) < 4.78 is 0. The first-order chi connectivity index (χ1) is 13.0. The number of carbonyl (C=O) groups is 4. The Kier molecular flexibility index (Phi) is 5.99. The summed E-state index contributed by atoms with van der Waals surface area (Å²) in [7, 11) is 0. The number of H-pyrrole nitrogens is 1. The predicted molar refractivity (Wildman–Crippen MR) is 97.2 cm³/mol. The van der Waals surface area contributed by atoms with E-state index < -0.39 is 29.9 Å². The van der Waals surface area contributed by atoms with Crippen molar-refractivity contribution >= 4 is 35.4 Å². The van der Waals surface area contributed by atoms with E-state index in [2.05, 4.69) is 20.6 Å². The minimum Gasteiger partial charge on any atom is -0.368 e. The van der Waals surface area contributed by atoms with E-state index in [0.717, 1.165) is 0 Å². The van der Waals surface area contributed by atoms with E-state index >= 15 is 0 Å². The lowest BCUT2D eigenvalue weighted by Crippen LogP contribution is -2.57. The van der Waals surface area contributed by atoms with E-state index in [-0.39, 0.29) is 18.2 Å². The summed E-state index contributed by atoms with van der Waals surface area (Å²) in [5.41, 5.74) is 6.07. The molecule has 2 aliphatic heterocycles. The molecule has 0 radical (unpaired) electrons. The summed E-state index contributed by atoms with van der Waals surface area (Å²) >= 11 is 1.43. The standard InChI is InChI=1S/C16H22N6O4S/c17-14(24)12-6-27-8-22(12)16(26)11(4-9-5-18-7-19-9)21-15(25)10-2-1-3-13(23)20-10/h5,7,10-12H,1-4,6,8H2,(H2,17,24)(H,18,19)(H,20,23)(H,21,25)/t10-,11-,12-/m0/s1. The first kappa shape index (κ1) is 19.2. The van der Waals surface area contributed by atoms with Crippen LogP contribution in [-0.4, -0.2) is 68.3 Å². The number of nitrogens with one attached hydrogen (secondary N) is 3. The number of rotatable bonds is 6. The Morgan fingerprint density at radius 2 is 2.26 bits per heavy atom. The van der Waals surface area contributed by atoms with Gasteiger partial charge in [-0.15, -0.1) is 11.8 Å². The van der Waals surface area contributed by atoms with Gasteiger partial charge in [0.05, 0.1) is 12.2 Å². The van der Waals surface area contributed by atoms with Crippen LogP contribution in [-0.2, 0) is 25.6 Å². The average molecular weight is 394 g/mol. The second-order valence-electron chi connectivity index (χ2n) is 6.58. The zero-order valence-corrected chi connectivity index (χ0v) is 15.5. The molecule has 3 heterocycles. The molecule has 10 nitrogen and oxygen atoms in total. The van der Waals surface area contributed by atoms with Gasteiger partial charge in [0.2, 0.25) is 23.6 Å². The highest BCUT2D eigenvalue weighted by Crippen LogP contribution is 2.22. The van der Waals surface area contributed by atoms with Crippen molar-refractivity contribution in [2.75, 3.05) is 11.6 Å². The molecule has 0 aliphatic carbocycles. The number of amides is 4.